The number of rotatable bonds is 4. The summed E-state index contributed by atoms with van der Waals surface area (Å²) in [6, 6.07) is 7.90. The van der Waals surface area contributed by atoms with Gasteiger partial charge in [0.1, 0.15) is 0 Å². The minimum atomic E-state index is -0.561. The molecule has 1 aliphatic rings. The van der Waals surface area contributed by atoms with Gasteiger partial charge in [-0.1, -0.05) is 28.1 Å². The van der Waals surface area contributed by atoms with Gasteiger partial charge in [0.15, 0.2) is 0 Å². The normalized spacial score (nSPS) is 15.7. The molecule has 5 nitrogen and oxygen atoms in total. The van der Waals surface area contributed by atoms with Gasteiger partial charge in [-0.25, -0.2) is 0 Å². The Morgan fingerprint density at radius 1 is 1.29 bits per heavy atom. The van der Waals surface area contributed by atoms with Crippen molar-refractivity contribution in [3.63, 3.8) is 0 Å². The van der Waals surface area contributed by atoms with E-state index < -0.39 is 17.2 Å². The predicted molar refractivity (Wildman–Crippen MR) is 94.8 cm³/mol. The molecule has 24 heavy (non-hydrogen) atoms. The molecule has 1 aromatic heterocycles. The molecule has 1 N–H and O–H groups in total. The van der Waals surface area contributed by atoms with Crippen LogP contribution in [0.4, 0.5) is 0 Å². The van der Waals surface area contributed by atoms with Crippen molar-refractivity contribution in [2.75, 3.05) is 0 Å². The van der Waals surface area contributed by atoms with Crippen molar-refractivity contribution in [3.05, 3.63) is 51.3 Å². The van der Waals surface area contributed by atoms with Crippen molar-refractivity contribution < 1.29 is 9.59 Å². The molecule has 126 valence electrons. The van der Waals surface area contributed by atoms with E-state index in [4.69, 9.17) is 0 Å². The molecule has 0 spiro atoms. The summed E-state index contributed by atoms with van der Waals surface area (Å²) in [6.07, 6.45) is 2.72. The molecule has 2 aromatic rings. The Morgan fingerprint density at radius 2 is 2.00 bits per heavy atom. The predicted octanol–water partition coefficient (Wildman–Crippen LogP) is 3.18. The Labute approximate surface area is 149 Å². The molecular weight excluding hydrogens is 370 g/mol. The van der Waals surface area contributed by atoms with Crippen molar-refractivity contribution in [2.24, 2.45) is 7.05 Å². The van der Waals surface area contributed by atoms with Gasteiger partial charge in [0, 0.05) is 17.2 Å². The third kappa shape index (κ3) is 2.79. The second kappa shape index (κ2) is 6.16. The van der Waals surface area contributed by atoms with Crippen LogP contribution in [0, 0.1) is 13.8 Å². The summed E-state index contributed by atoms with van der Waals surface area (Å²) < 4.78 is 2.59. The van der Waals surface area contributed by atoms with Crippen molar-refractivity contribution in [2.45, 2.75) is 38.6 Å². The molecule has 0 bridgehead atoms. The highest BCUT2D eigenvalue weighted by atomic mass is 79.9. The van der Waals surface area contributed by atoms with Gasteiger partial charge in [-0.05, 0) is 50.8 Å². The number of aromatic nitrogens is 2. The minimum absolute atomic E-state index is 0.402. The fraction of sp³-hybridized carbons (Fsp3) is 0.389. The molecule has 1 amide bonds. The highest BCUT2D eigenvalue weighted by Crippen LogP contribution is 2.42. The lowest BCUT2D eigenvalue weighted by atomic mass is 9.71. The Kier molecular flexibility index (Phi) is 4.34. The summed E-state index contributed by atoms with van der Waals surface area (Å²) in [5.74, 6) is -1.08. The number of carbonyl (C=O) groups excluding carboxylic acids is 2. The van der Waals surface area contributed by atoms with Gasteiger partial charge in [-0.15, -0.1) is 0 Å². The van der Waals surface area contributed by atoms with Crippen LogP contribution in [0.25, 0.3) is 0 Å². The lowest BCUT2D eigenvalue weighted by molar-refractivity contribution is -0.120. The van der Waals surface area contributed by atoms with Gasteiger partial charge < -0.3 is 5.32 Å². The maximum Gasteiger partial charge on any atom is 0.293 e. The van der Waals surface area contributed by atoms with E-state index in [-0.39, 0.29) is 0 Å². The zero-order valence-corrected chi connectivity index (χ0v) is 15.6. The first-order chi connectivity index (χ1) is 11.3. The molecule has 6 heteroatoms. The van der Waals surface area contributed by atoms with Gasteiger partial charge in [-0.3, -0.25) is 14.3 Å². The summed E-state index contributed by atoms with van der Waals surface area (Å²) >= 11 is 3.47. The van der Waals surface area contributed by atoms with Crippen LogP contribution in [0.15, 0.2) is 28.7 Å². The third-order valence-corrected chi connectivity index (χ3v) is 5.37. The number of hydrogen-bond donors (Lipinski definition) is 1. The van der Waals surface area contributed by atoms with Crippen LogP contribution in [0.5, 0.6) is 0 Å². The molecule has 0 radical (unpaired) electrons. The van der Waals surface area contributed by atoms with Crippen molar-refractivity contribution >= 4 is 27.6 Å². The van der Waals surface area contributed by atoms with Gasteiger partial charge in [-0.2, -0.15) is 5.10 Å². The average Bonchev–Trinajstić information content (AvgIpc) is 2.75. The number of benzene rings is 1. The fourth-order valence-electron chi connectivity index (χ4n) is 3.29. The molecule has 1 aromatic carbocycles. The highest BCUT2D eigenvalue weighted by molar-refractivity contribution is 9.10. The Hall–Kier alpha value is -1.95. The number of nitrogens with one attached hydrogen (secondary N) is 1. The first-order valence-corrected chi connectivity index (χ1v) is 8.76. The second-order valence-corrected chi connectivity index (χ2v) is 7.31. The third-order valence-electron chi connectivity index (χ3n) is 4.88. The first-order valence-electron chi connectivity index (χ1n) is 7.97. The summed E-state index contributed by atoms with van der Waals surface area (Å²) in [6.45, 7) is 3.55. The van der Waals surface area contributed by atoms with Gasteiger partial charge in [0.25, 0.3) is 11.7 Å². The summed E-state index contributed by atoms with van der Waals surface area (Å²) in [7, 11) is 1.77. The van der Waals surface area contributed by atoms with Crippen molar-refractivity contribution in [3.8, 4) is 0 Å². The zero-order chi connectivity index (χ0) is 17.5. The van der Waals surface area contributed by atoms with Crippen LogP contribution < -0.4 is 5.32 Å². The lowest BCUT2D eigenvalue weighted by Gasteiger charge is -2.43. The number of ketones is 1. The SMILES string of the molecule is Cc1nn(C)c(C)c1C(=O)C(=O)NC1(c2cccc(Br)c2)CCC1. The number of amides is 1. The Balaban J connectivity index is 1.86. The average molecular weight is 390 g/mol. The quantitative estimate of drug-likeness (QED) is 0.644. The molecule has 0 aliphatic heterocycles. The zero-order valence-electron chi connectivity index (χ0n) is 14.0. The molecule has 0 saturated heterocycles. The summed E-state index contributed by atoms with van der Waals surface area (Å²) in [5, 5.41) is 7.21. The number of hydrogen-bond acceptors (Lipinski definition) is 3. The van der Waals surface area contributed by atoms with Crippen LogP contribution in [-0.2, 0) is 17.4 Å². The van der Waals surface area contributed by atoms with Gasteiger partial charge in [0.05, 0.1) is 16.8 Å². The van der Waals surface area contributed by atoms with E-state index in [0.29, 0.717) is 17.0 Å². The van der Waals surface area contributed by atoms with Crippen LogP contribution in [-0.4, -0.2) is 21.5 Å². The number of carbonyl (C=O) groups is 2. The second-order valence-electron chi connectivity index (χ2n) is 6.40. The first kappa shape index (κ1) is 16.9. The maximum absolute atomic E-state index is 12.6. The fourth-order valence-corrected chi connectivity index (χ4v) is 3.69. The van der Waals surface area contributed by atoms with Gasteiger partial charge >= 0.3 is 0 Å². The lowest BCUT2D eigenvalue weighted by Crippen LogP contribution is -2.52. The van der Waals surface area contributed by atoms with E-state index in [2.05, 4.69) is 26.3 Å². The van der Waals surface area contributed by atoms with Crippen LogP contribution in [0.2, 0.25) is 0 Å². The Morgan fingerprint density at radius 3 is 2.50 bits per heavy atom. The Bertz CT molecular complexity index is 822. The molecule has 1 aliphatic carbocycles. The largest absolute Gasteiger partial charge is 0.340 e. The van der Waals surface area contributed by atoms with Crippen LogP contribution in [0.1, 0.15) is 46.6 Å². The van der Waals surface area contributed by atoms with Gasteiger partial charge in [0.2, 0.25) is 0 Å². The molecule has 0 atom stereocenters. The molecule has 1 fully saturated rings. The topological polar surface area (TPSA) is 64.0 Å². The number of nitrogens with zero attached hydrogens (tertiary/aromatic N) is 2. The highest BCUT2D eigenvalue weighted by Gasteiger charge is 2.41. The van der Waals surface area contributed by atoms with E-state index >= 15 is 0 Å². The molecule has 1 heterocycles. The molecular formula is C18H20BrN3O2. The maximum atomic E-state index is 12.6. The van der Waals surface area contributed by atoms with E-state index in [9.17, 15) is 9.59 Å². The molecule has 3 rings (SSSR count). The van der Waals surface area contributed by atoms with E-state index in [1.807, 2.05) is 24.3 Å². The van der Waals surface area contributed by atoms with Crippen LogP contribution in [0.3, 0.4) is 0 Å². The van der Waals surface area contributed by atoms with Crippen LogP contribution >= 0.6 is 15.9 Å². The van der Waals surface area contributed by atoms with Crippen molar-refractivity contribution in [1.29, 1.82) is 0 Å². The monoisotopic (exact) mass is 389 g/mol. The molecule has 0 unspecified atom stereocenters. The number of aryl methyl sites for hydroxylation is 2. The molecule has 1 saturated carbocycles. The minimum Gasteiger partial charge on any atom is -0.340 e. The van der Waals surface area contributed by atoms with E-state index in [1.165, 1.54) is 0 Å². The summed E-state index contributed by atoms with van der Waals surface area (Å²) in [5.41, 5.74) is 2.28. The van der Waals surface area contributed by atoms with Crippen molar-refractivity contribution in [1.82, 2.24) is 15.1 Å². The standard InChI is InChI=1S/C18H20BrN3O2/c1-11-15(12(2)22(3)21-11)16(23)17(24)20-18(8-5-9-18)13-6-4-7-14(19)10-13/h4,6-7,10H,5,8-9H2,1-3H3,(H,20,24). The summed E-state index contributed by atoms with van der Waals surface area (Å²) in [4.78, 5) is 25.3. The van der Waals surface area contributed by atoms with E-state index in [1.54, 1.807) is 25.6 Å². The van der Waals surface area contributed by atoms with E-state index in [0.717, 1.165) is 29.3 Å². The smallest absolute Gasteiger partial charge is 0.293 e. The number of halogens is 1. The number of Topliss-reactive ketones (excluding diaryl/α,β-unsaturated/α-hetero) is 1.